The van der Waals surface area contributed by atoms with E-state index in [1.807, 2.05) is 48.5 Å². The zero-order valence-corrected chi connectivity index (χ0v) is 23.8. The van der Waals surface area contributed by atoms with Gasteiger partial charge in [-0.05, 0) is 66.1 Å². The average molecular weight is 557 g/mol. The van der Waals surface area contributed by atoms with E-state index in [1.165, 1.54) is 7.11 Å². The quantitative estimate of drug-likeness (QED) is 0.395. The predicted molar refractivity (Wildman–Crippen MR) is 162 cm³/mol. The molecule has 5 rings (SSSR count). The third kappa shape index (κ3) is 7.45. The van der Waals surface area contributed by atoms with Gasteiger partial charge in [-0.25, -0.2) is 4.79 Å². The fraction of sp³-hybridized carbons (Fsp3) is 0.394. The predicted octanol–water partition coefficient (Wildman–Crippen LogP) is 5.21. The summed E-state index contributed by atoms with van der Waals surface area (Å²) >= 11 is 0. The molecule has 3 aromatic carbocycles. The largest absolute Gasteiger partial charge is 0.453 e. The van der Waals surface area contributed by atoms with Crippen molar-refractivity contribution in [3.8, 4) is 11.1 Å². The van der Waals surface area contributed by atoms with Crippen LogP contribution in [0.15, 0.2) is 72.8 Å². The van der Waals surface area contributed by atoms with Crippen LogP contribution in [-0.4, -0.2) is 62.4 Å². The number of carbonyl (C=O) groups is 2. The van der Waals surface area contributed by atoms with Gasteiger partial charge in [0.05, 0.1) is 38.1 Å². The third-order valence-corrected chi connectivity index (χ3v) is 8.08. The lowest BCUT2D eigenvalue weighted by molar-refractivity contribution is -0.134. The van der Waals surface area contributed by atoms with Crippen LogP contribution in [0.25, 0.3) is 11.1 Å². The van der Waals surface area contributed by atoms with Gasteiger partial charge >= 0.3 is 6.09 Å². The van der Waals surface area contributed by atoms with Gasteiger partial charge in [-0.2, -0.15) is 0 Å². The highest BCUT2D eigenvalue weighted by Gasteiger charge is 2.28. The van der Waals surface area contributed by atoms with Crippen LogP contribution >= 0.6 is 0 Å². The molecule has 0 spiro atoms. The molecule has 0 aromatic heterocycles. The van der Waals surface area contributed by atoms with E-state index in [1.54, 1.807) is 0 Å². The second-order valence-corrected chi connectivity index (χ2v) is 10.9. The van der Waals surface area contributed by atoms with Crippen LogP contribution < -0.4 is 16.0 Å². The molecule has 8 heteroatoms. The Kier molecular flexibility index (Phi) is 9.54. The molecule has 2 aliphatic rings. The number of carbonyl (C=O) groups excluding carboxylic acids is 2. The van der Waals surface area contributed by atoms with Crippen molar-refractivity contribution < 1.29 is 19.1 Å². The number of morpholine rings is 1. The van der Waals surface area contributed by atoms with Gasteiger partial charge < -0.3 is 25.0 Å². The normalized spacial score (nSPS) is 18.9. The summed E-state index contributed by atoms with van der Waals surface area (Å²) < 4.78 is 10.4. The lowest BCUT2D eigenvalue weighted by Crippen LogP contribution is -2.44. The molecule has 41 heavy (non-hydrogen) atoms. The number of anilines is 2. The van der Waals surface area contributed by atoms with Crippen LogP contribution in [0.5, 0.6) is 0 Å². The smallest absolute Gasteiger partial charge is 0.411 e. The topological polar surface area (TPSA) is 97.1 Å². The fourth-order valence-electron chi connectivity index (χ4n) is 5.81. The van der Waals surface area contributed by atoms with Crippen molar-refractivity contribution in [2.45, 2.75) is 50.7 Å². The van der Waals surface area contributed by atoms with Crippen LogP contribution in [0, 0.1) is 0 Å². The van der Waals surface area contributed by atoms with E-state index in [9.17, 15) is 9.59 Å². The SMILES string of the molecule is COC(=O)Nc1cc(-c2cccc(CN(C(=O)Cc3ccccc3)C3CCC(N)CC3)c2)ccc1N1CCOCC1. The summed E-state index contributed by atoms with van der Waals surface area (Å²) in [5, 5.41) is 2.89. The molecule has 2 fully saturated rings. The summed E-state index contributed by atoms with van der Waals surface area (Å²) in [5.74, 6) is 0.140. The number of amides is 2. The summed E-state index contributed by atoms with van der Waals surface area (Å²) in [6.45, 7) is 3.34. The number of methoxy groups -OCH3 is 1. The Morgan fingerprint density at radius 2 is 1.63 bits per heavy atom. The fourth-order valence-corrected chi connectivity index (χ4v) is 5.81. The molecule has 1 heterocycles. The van der Waals surface area contributed by atoms with Crippen LogP contribution in [-0.2, 0) is 27.2 Å². The number of nitrogens with two attached hydrogens (primary N) is 1. The van der Waals surface area contributed by atoms with Gasteiger partial charge in [-0.15, -0.1) is 0 Å². The average Bonchev–Trinajstić information content (AvgIpc) is 3.01. The van der Waals surface area contributed by atoms with Crippen molar-refractivity contribution in [2.75, 3.05) is 43.6 Å². The summed E-state index contributed by atoms with van der Waals surface area (Å²) in [5.41, 5.74) is 11.9. The minimum Gasteiger partial charge on any atom is -0.453 e. The first-order chi connectivity index (χ1) is 20.0. The first-order valence-corrected chi connectivity index (χ1v) is 14.5. The Bertz CT molecular complexity index is 1320. The molecule has 0 atom stereocenters. The molecule has 2 amide bonds. The summed E-state index contributed by atoms with van der Waals surface area (Å²) in [7, 11) is 1.36. The van der Waals surface area contributed by atoms with E-state index in [0.29, 0.717) is 31.9 Å². The molecule has 1 aliphatic carbocycles. The second kappa shape index (κ2) is 13.7. The van der Waals surface area contributed by atoms with Gasteiger partial charge in [0.25, 0.3) is 0 Å². The molecular weight excluding hydrogens is 516 g/mol. The maximum absolute atomic E-state index is 13.6. The van der Waals surface area contributed by atoms with E-state index >= 15 is 0 Å². The van der Waals surface area contributed by atoms with Gasteiger partial charge in [-0.3, -0.25) is 10.1 Å². The van der Waals surface area contributed by atoms with E-state index in [-0.39, 0.29) is 18.0 Å². The lowest BCUT2D eigenvalue weighted by Gasteiger charge is -2.36. The second-order valence-electron chi connectivity index (χ2n) is 10.9. The van der Waals surface area contributed by atoms with E-state index in [0.717, 1.165) is 66.7 Å². The Balaban J connectivity index is 1.40. The maximum atomic E-state index is 13.6. The molecule has 0 unspecified atom stereocenters. The maximum Gasteiger partial charge on any atom is 0.411 e. The van der Waals surface area contributed by atoms with Crippen LogP contribution in [0.1, 0.15) is 36.8 Å². The molecule has 0 bridgehead atoms. The van der Waals surface area contributed by atoms with Gasteiger partial charge in [-0.1, -0.05) is 54.6 Å². The molecule has 8 nitrogen and oxygen atoms in total. The minimum absolute atomic E-state index is 0.140. The first-order valence-electron chi connectivity index (χ1n) is 14.5. The first kappa shape index (κ1) is 28.6. The number of hydrogen-bond donors (Lipinski definition) is 2. The van der Waals surface area contributed by atoms with Crippen molar-refractivity contribution in [2.24, 2.45) is 5.73 Å². The van der Waals surface area contributed by atoms with E-state index in [2.05, 4.69) is 39.4 Å². The zero-order valence-electron chi connectivity index (χ0n) is 23.8. The molecule has 1 aliphatic heterocycles. The van der Waals surface area contributed by atoms with Gasteiger partial charge in [0, 0.05) is 31.7 Å². The van der Waals surface area contributed by atoms with Gasteiger partial charge in [0.15, 0.2) is 0 Å². The number of benzene rings is 3. The monoisotopic (exact) mass is 556 g/mol. The van der Waals surface area contributed by atoms with Gasteiger partial charge in [0.2, 0.25) is 5.91 Å². The zero-order chi connectivity index (χ0) is 28.6. The highest BCUT2D eigenvalue weighted by molar-refractivity contribution is 5.91. The van der Waals surface area contributed by atoms with Crippen LogP contribution in [0.3, 0.4) is 0 Å². The van der Waals surface area contributed by atoms with Crippen molar-refractivity contribution >= 4 is 23.4 Å². The molecule has 216 valence electrons. The molecule has 3 N–H and O–H groups in total. The van der Waals surface area contributed by atoms with Crippen LogP contribution in [0.4, 0.5) is 16.2 Å². The minimum atomic E-state index is -0.509. The van der Waals surface area contributed by atoms with Crippen LogP contribution in [0.2, 0.25) is 0 Å². The Labute approximate surface area is 242 Å². The molecular formula is C33H40N4O4. The standard InChI is InChI=1S/C33H40N4O4/c1-40-33(39)35-30-22-27(10-15-31(30)36-16-18-41-19-17-36)26-9-5-8-25(20-26)23-37(29-13-11-28(34)12-14-29)32(38)21-24-6-3-2-4-7-24/h2-10,15,20,22,28-29H,11-14,16-19,21,23,34H2,1H3,(H,35,39). The Morgan fingerprint density at radius 3 is 2.37 bits per heavy atom. The highest BCUT2D eigenvalue weighted by atomic mass is 16.5. The van der Waals surface area contributed by atoms with E-state index in [4.69, 9.17) is 15.2 Å². The molecule has 3 aromatic rings. The number of ether oxygens (including phenoxy) is 2. The number of nitrogens with one attached hydrogen (secondary N) is 1. The summed E-state index contributed by atoms with van der Waals surface area (Å²) in [6, 6.07) is 24.8. The van der Waals surface area contributed by atoms with Crippen molar-refractivity contribution in [1.29, 1.82) is 0 Å². The van der Waals surface area contributed by atoms with Crippen molar-refractivity contribution in [1.82, 2.24) is 4.90 Å². The third-order valence-electron chi connectivity index (χ3n) is 8.08. The van der Waals surface area contributed by atoms with Crippen molar-refractivity contribution in [3.63, 3.8) is 0 Å². The number of hydrogen-bond acceptors (Lipinski definition) is 6. The molecule has 0 radical (unpaired) electrons. The Hall–Kier alpha value is -3.88. The van der Waals surface area contributed by atoms with E-state index < -0.39 is 6.09 Å². The highest BCUT2D eigenvalue weighted by Crippen LogP contribution is 2.33. The summed E-state index contributed by atoms with van der Waals surface area (Å²) in [4.78, 5) is 30.1. The summed E-state index contributed by atoms with van der Waals surface area (Å²) in [6.07, 6.45) is 3.59. The lowest BCUT2D eigenvalue weighted by atomic mass is 9.90. The molecule has 1 saturated carbocycles. The molecule has 1 saturated heterocycles. The van der Waals surface area contributed by atoms with Gasteiger partial charge in [0.1, 0.15) is 0 Å². The number of nitrogens with zero attached hydrogens (tertiary/aromatic N) is 2. The van der Waals surface area contributed by atoms with Crippen molar-refractivity contribution in [3.05, 3.63) is 83.9 Å². The Morgan fingerprint density at radius 1 is 0.927 bits per heavy atom. The number of rotatable bonds is 8.